The number of fused-ring (bicyclic) bond motifs is 1. The van der Waals surface area contributed by atoms with E-state index in [1.807, 2.05) is 12.1 Å². The molecule has 2 aromatic rings. The van der Waals surface area contributed by atoms with Crippen LogP contribution in [0.15, 0.2) is 48.5 Å². The number of benzene rings is 2. The van der Waals surface area contributed by atoms with Gasteiger partial charge in [0.25, 0.3) is 0 Å². The molecule has 150 valence electrons. The van der Waals surface area contributed by atoms with Gasteiger partial charge < -0.3 is 29.2 Å². The minimum absolute atomic E-state index is 0.0478. The third-order valence-corrected chi connectivity index (χ3v) is 5.53. The highest BCUT2D eigenvalue weighted by Crippen LogP contribution is 2.40. The molecule has 2 aromatic carbocycles. The molecule has 2 N–H and O–H groups in total. The molecule has 2 fully saturated rings. The summed E-state index contributed by atoms with van der Waals surface area (Å²) in [6.45, 7) is -0.398. The molecule has 8 heteroatoms. The topological polar surface area (TPSA) is 77.4 Å². The first-order valence-electron chi connectivity index (χ1n) is 8.94. The summed E-state index contributed by atoms with van der Waals surface area (Å²) in [4.78, 5) is 0. The first-order valence-corrected chi connectivity index (χ1v) is 9.70. The number of hydrogen-bond donors (Lipinski definition) is 2. The standard InChI is InChI=1S/C20H20Cl2O6/c21-13-7-3-1-5-11(13)19-25-10-15(24)17-18(16(9-23)26-19)28-20(27-17)12-6-2-4-8-14(12)22/h1-8,15-20,23-24H,9-10H2/t15-,16+,17-,18-,19?,20?/m1/s1. The van der Waals surface area contributed by atoms with Gasteiger partial charge in [-0.3, -0.25) is 0 Å². The zero-order chi connectivity index (χ0) is 19.7. The second-order valence-electron chi connectivity index (χ2n) is 6.67. The van der Waals surface area contributed by atoms with Crippen molar-refractivity contribution in [3.05, 3.63) is 69.7 Å². The van der Waals surface area contributed by atoms with E-state index in [9.17, 15) is 10.2 Å². The molecule has 0 amide bonds. The number of halogens is 2. The summed E-state index contributed by atoms with van der Waals surface area (Å²) in [6, 6.07) is 14.2. The SMILES string of the molecule is OC[C@@H]1OC(c2ccccc2Cl)OC[C@@H](O)[C@H]2OC(c3ccccc3Cl)O[C@@H]21. The van der Waals surface area contributed by atoms with Crippen molar-refractivity contribution in [2.24, 2.45) is 0 Å². The van der Waals surface area contributed by atoms with Gasteiger partial charge in [0.15, 0.2) is 12.6 Å². The van der Waals surface area contributed by atoms with E-state index in [1.165, 1.54) is 0 Å². The van der Waals surface area contributed by atoms with Crippen LogP contribution < -0.4 is 0 Å². The second-order valence-corrected chi connectivity index (χ2v) is 7.48. The maximum absolute atomic E-state index is 10.6. The molecule has 2 heterocycles. The molecule has 28 heavy (non-hydrogen) atoms. The highest BCUT2D eigenvalue weighted by atomic mass is 35.5. The fourth-order valence-electron chi connectivity index (χ4n) is 3.43. The predicted octanol–water partition coefficient (Wildman–Crippen LogP) is 3.24. The smallest absolute Gasteiger partial charge is 0.186 e. The second kappa shape index (κ2) is 8.65. The lowest BCUT2D eigenvalue weighted by molar-refractivity contribution is -0.239. The van der Waals surface area contributed by atoms with Crippen molar-refractivity contribution in [3.63, 3.8) is 0 Å². The predicted molar refractivity (Wildman–Crippen MR) is 102 cm³/mol. The van der Waals surface area contributed by atoms with Crippen molar-refractivity contribution in [3.8, 4) is 0 Å². The van der Waals surface area contributed by atoms with Crippen LogP contribution >= 0.6 is 23.2 Å². The molecule has 0 saturated carbocycles. The van der Waals surface area contributed by atoms with Crippen LogP contribution in [0.25, 0.3) is 0 Å². The quantitative estimate of drug-likeness (QED) is 0.784. The van der Waals surface area contributed by atoms with Gasteiger partial charge in [-0.15, -0.1) is 0 Å². The molecule has 4 rings (SSSR count). The largest absolute Gasteiger partial charge is 0.394 e. The van der Waals surface area contributed by atoms with Crippen LogP contribution in [0, 0.1) is 0 Å². The average molecular weight is 427 g/mol. The van der Waals surface area contributed by atoms with Crippen molar-refractivity contribution in [2.75, 3.05) is 13.2 Å². The van der Waals surface area contributed by atoms with Crippen molar-refractivity contribution >= 4 is 23.2 Å². The van der Waals surface area contributed by atoms with Crippen molar-refractivity contribution in [1.82, 2.24) is 0 Å². The summed E-state index contributed by atoms with van der Waals surface area (Å²) < 4.78 is 23.7. The van der Waals surface area contributed by atoms with Gasteiger partial charge in [-0.1, -0.05) is 59.6 Å². The average Bonchev–Trinajstić information content (AvgIpc) is 3.12. The number of hydrogen-bond acceptors (Lipinski definition) is 6. The monoisotopic (exact) mass is 426 g/mol. The van der Waals surface area contributed by atoms with Gasteiger partial charge in [0.2, 0.25) is 0 Å². The fourth-order valence-corrected chi connectivity index (χ4v) is 3.88. The minimum Gasteiger partial charge on any atom is -0.394 e. The molecule has 0 radical (unpaired) electrons. The first kappa shape index (κ1) is 20.1. The van der Waals surface area contributed by atoms with E-state index in [-0.39, 0.29) is 13.2 Å². The summed E-state index contributed by atoms with van der Waals surface area (Å²) >= 11 is 12.5. The molecule has 6 atom stereocenters. The zero-order valence-electron chi connectivity index (χ0n) is 14.8. The van der Waals surface area contributed by atoms with Gasteiger partial charge >= 0.3 is 0 Å². The Balaban J connectivity index is 1.60. The van der Waals surface area contributed by atoms with Gasteiger partial charge in [-0.25, -0.2) is 0 Å². The van der Waals surface area contributed by atoms with Gasteiger partial charge in [0.1, 0.15) is 24.4 Å². The summed E-state index contributed by atoms with van der Waals surface area (Å²) in [7, 11) is 0. The highest BCUT2D eigenvalue weighted by Gasteiger charge is 2.48. The molecule has 2 unspecified atom stereocenters. The van der Waals surface area contributed by atoms with Crippen molar-refractivity contribution in [1.29, 1.82) is 0 Å². The van der Waals surface area contributed by atoms with Gasteiger partial charge in [-0.05, 0) is 12.1 Å². The Morgan fingerprint density at radius 1 is 0.821 bits per heavy atom. The van der Waals surface area contributed by atoms with E-state index in [0.717, 1.165) is 0 Å². The Morgan fingerprint density at radius 3 is 2.00 bits per heavy atom. The molecule has 6 nitrogen and oxygen atoms in total. The maximum Gasteiger partial charge on any atom is 0.186 e. The molecule has 2 aliphatic rings. The van der Waals surface area contributed by atoms with Crippen LogP contribution in [0.5, 0.6) is 0 Å². The molecule has 0 spiro atoms. The van der Waals surface area contributed by atoms with Crippen LogP contribution in [-0.4, -0.2) is 47.8 Å². The van der Waals surface area contributed by atoms with E-state index < -0.39 is 37.0 Å². The summed E-state index contributed by atoms with van der Waals surface area (Å²) in [5.74, 6) is 0. The first-order chi connectivity index (χ1) is 13.6. The summed E-state index contributed by atoms with van der Waals surface area (Å²) in [6.07, 6.45) is -4.88. The normalized spacial score (nSPS) is 33.1. The van der Waals surface area contributed by atoms with E-state index >= 15 is 0 Å². The third-order valence-electron chi connectivity index (χ3n) is 4.85. The molecule has 2 saturated heterocycles. The Morgan fingerprint density at radius 2 is 1.39 bits per heavy atom. The van der Waals surface area contributed by atoms with Crippen molar-refractivity contribution in [2.45, 2.75) is 37.0 Å². The Hall–Kier alpha value is -1.22. The number of aliphatic hydroxyl groups excluding tert-OH is 2. The van der Waals surface area contributed by atoms with Crippen LogP contribution in [0.3, 0.4) is 0 Å². The molecular formula is C20H20Cl2O6. The Bertz CT molecular complexity index is 819. The number of ether oxygens (including phenoxy) is 4. The van der Waals surface area contributed by atoms with Crippen LogP contribution in [0.4, 0.5) is 0 Å². The maximum atomic E-state index is 10.6. The number of rotatable bonds is 3. The van der Waals surface area contributed by atoms with E-state index in [0.29, 0.717) is 21.2 Å². The molecular weight excluding hydrogens is 407 g/mol. The lowest BCUT2D eigenvalue weighted by atomic mass is 10.0. The molecule has 0 bridgehead atoms. The zero-order valence-corrected chi connectivity index (χ0v) is 16.3. The molecule has 2 aliphatic heterocycles. The molecule has 0 aliphatic carbocycles. The third kappa shape index (κ3) is 3.92. The van der Waals surface area contributed by atoms with Crippen LogP contribution in [0.1, 0.15) is 23.7 Å². The van der Waals surface area contributed by atoms with Gasteiger partial charge in [0.05, 0.1) is 13.2 Å². The van der Waals surface area contributed by atoms with Crippen LogP contribution in [-0.2, 0) is 18.9 Å². The van der Waals surface area contributed by atoms with Gasteiger partial charge in [-0.2, -0.15) is 0 Å². The highest BCUT2D eigenvalue weighted by molar-refractivity contribution is 6.31. The lowest BCUT2D eigenvalue weighted by Gasteiger charge is -2.34. The Kier molecular flexibility index (Phi) is 6.20. The minimum atomic E-state index is -0.986. The molecule has 0 aromatic heterocycles. The van der Waals surface area contributed by atoms with E-state index in [4.69, 9.17) is 42.1 Å². The number of aliphatic hydroxyl groups is 2. The van der Waals surface area contributed by atoms with Crippen molar-refractivity contribution < 1.29 is 29.2 Å². The summed E-state index contributed by atoms with van der Waals surface area (Å²) in [5.41, 5.74) is 1.25. The van der Waals surface area contributed by atoms with E-state index in [1.54, 1.807) is 36.4 Å². The van der Waals surface area contributed by atoms with E-state index in [2.05, 4.69) is 0 Å². The van der Waals surface area contributed by atoms with Crippen LogP contribution in [0.2, 0.25) is 10.0 Å². The lowest BCUT2D eigenvalue weighted by Crippen LogP contribution is -2.49. The van der Waals surface area contributed by atoms with Gasteiger partial charge in [0, 0.05) is 21.2 Å². The Labute approximate surface area is 172 Å². The fraction of sp³-hybridized carbons (Fsp3) is 0.400. The summed E-state index contributed by atoms with van der Waals surface area (Å²) in [5, 5.41) is 21.5.